The van der Waals surface area contributed by atoms with E-state index in [1.54, 1.807) is 19.1 Å². The summed E-state index contributed by atoms with van der Waals surface area (Å²) in [6.45, 7) is 7.21. The Morgan fingerprint density at radius 3 is 2.55 bits per heavy atom. The van der Waals surface area contributed by atoms with E-state index in [-0.39, 0.29) is 11.4 Å². The topological polar surface area (TPSA) is 62.1 Å². The molecule has 0 spiro atoms. The summed E-state index contributed by atoms with van der Waals surface area (Å²) in [6, 6.07) is 9.42. The number of nitrogens with one attached hydrogen (secondary N) is 1. The highest BCUT2D eigenvalue weighted by Crippen LogP contribution is 2.23. The van der Waals surface area contributed by atoms with Crippen LogP contribution in [0.15, 0.2) is 24.3 Å². The van der Waals surface area contributed by atoms with Gasteiger partial charge >= 0.3 is 5.97 Å². The summed E-state index contributed by atoms with van der Waals surface area (Å²) in [4.78, 5) is 11.5. The molecule has 108 valence electrons. The number of nitrogens with zero attached hydrogens (tertiary/aromatic N) is 1. The Hall–Kier alpha value is -2.02. The molecule has 20 heavy (non-hydrogen) atoms. The van der Waals surface area contributed by atoms with E-state index in [4.69, 9.17) is 10.00 Å². The Balaban J connectivity index is 2.54. The lowest BCUT2D eigenvalue weighted by molar-refractivity contribution is 0.0526. The molecule has 1 rings (SSSR count). The molecule has 0 fully saturated rings. The van der Waals surface area contributed by atoms with Crippen LogP contribution in [0.3, 0.4) is 0 Å². The van der Waals surface area contributed by atoms with Crippen molar-refractivity contribution in [2.24, 2.45) is 5.41 Å². The van der Waals surface area contributed by atoms with Gasteiger partial charge < -0.3 is 10.1 Å². The molecule has 4 heteroatoms. The molecular weight excluding hydrogens is 252 g/mol. The molecule has 0 amide bonds. The molecule has 1 aromatic carbocycles. The van der Waals surface area contributed by atoms with Crippen molar-refractivity contribution in [2.75, 3.05) is 18.5 Å². The molecule has 0 saturated carbocycles. The number of benzene rings is 1. The van der Waals surface area contributed by atoms with Crippen LogP contribution in [0.2, 0.25) is 0 Å². The summed E-state index contributed by atoms with van der Waals surface area (Å²) in [5.41, 5.74) is 1.58. The van der Waals surface area contributed by atoms with Crippen LogP contribution in [0, 0.1) is 16.7 Å². The molecule has 1 aromatic rings. The van der Waals surface area contributed by atoms with Crippen molar-refractivity contribution in [1.82, 2.24) is 0 Å². The van der Waals surface area contributed by atoms with Gasteiger partial charge in [0.1, 0.15) is 0 Å². The zero-order chi connectivity index (χ0) is 15.0. The summed E-state index contributed by atoms with van der Waals surface area (Å²) in [5, 5.41) is 12.0. The van der Waals surface area contributed by atoms with Crippen molar-refractivity contribution < 1.29 is 9.53 Å². The number of esters is 1. The summed E-state index contributed by atoms with van der Waals surface area (Å²) < 4.78 is 4.94. The summed E-state index contributed by atoms with van der Waals surface area (Å²) >= 11 is 0. The van der Waals surface area contributed by atoms with Gasteiger partial charge in [-0.3, -0.25) is 0 Å². The van der Waals surface area contributed by atoms with Crippen LogP contribution in [0.5, 0.6) is 0 Å². The van der Waals surface area contributed by atoms with Gasteiger partial charge in [0.25, 0.3) is 0 Å². The number of hydrogen-bond acceptors (Lipinski definition) is 4. The molecule has 0 heterocycles. The predicted octanol–water partition coefficient (Wildman–Crippen LogP) is 3.61. The van der Waals surface area contributed by atoms with Gasteiger partial charge in [-0.05, 0) is 43.0 Å². The minimum absolute atomic E-state index is 0.0650. The zero-order valence-electron chi connectivity index (χ0n) is 12.4. The molecule has 1 N–H and O–H groups in total. The average Bonchev–Trinajstić information content (AvgIpc) is 2.44. The number of nitriles is 1. The molecule has 0 aliphatic carbocycles. The SMILES string of the molecule is CCOC(=O)c1ccc(NCC(C)(C)CCC#N)cc1. The Labute approximate surface area is 120 Å². The number of anilines is 1. The number of carbonyl (C=O) groups excluding carboxylic acids is 1. The van der Waals surface area contributed by atoms with Gasteiger partial charge in [-0.2, -0.15) is 5.26 Å². The lowest BCUT2D eigenvalue weighted by atomic mass is 9.88. The van der Waals surface area contributed by atoms with Crippen LogP contribution in [-0.2, 0) is 4.74 Å². The molecule has 0 aliphatic heterocycles. The fourth-order valence-electron chi connectivity index (χ4n) is 1.76. The molecule has 0 bridgehead atoms. The van der Waals surface area contributed by atoms with Gasteiger partial charge in [0.2, 0.25) is 0 Å². The van der Waals surface area contributed by atoms with Crippen molar-refractivity contribution in [1.29, 1.82) is 5.26 Å². The second kappa shape index (κ2) is 7.54. The number of carbonyl (C=O) groups is 1. The third-order valence-electron chi connectivity index (χ3n) is 3.08. The van der Waals surface area contributed by atoms with Crippen molar-refractivity contribution >= 4 is 11.7 Å². The first-order valence-corrected chi connectivity index (χ1v) is 6.86. The predicted molar refractivity (Wildman–Crippen MR) is 79.5 cm³/mol. The maximum Gasteiger partial charge on any atom is 0.338 e. The third-order valence-corrected chi connectivity index (χ3v) is 3.08. The van der Waals surface area contributed by atoms with Crippen molar-refractivity contribution in [3.8, 4) is 6.07 Å². The summed E-state index contributed by atoms with van der Waals surface area (Å²) in [6.07, 6.45) is 1.42. The number of ether oxygens (including phenoxy) is 1. The van der Waals surface area contributed by atoms with Gasteiger partial charge in [0.05, 0.1) is 18.2 Å². The molecule has 0 aromatic heterocycles. The highest BCUT2D eigenvalue weighted by molar-refractivity contribution is 5.89. The van der Waals surface area contributed by atoms with Gasteiger partial charge in [-0.15, -0.1) is 0 Å². The van der Waals surface area contributed by atoms with Crippen molar-refractivity contribution in [2.45, 2.75) is 33.6 Å². The Morgan fingerprint density at radius 1 is 1.35 bits per heavy atom. The molecule has 0 radical (unpaired) electrons. The van der Waals surface area contributed by atoms with E-state index in [1.807, 2.05) is 12.1 Å². The van der Waals surface area contributed by atoms with Gasteiger partial charge in [-0.1, -0.05) is 13.8 Å². The quantitative estimate of drug-likeness (QED) is 0.772. The second-order valence-electron chi connectivity index (χ2n) is 5.47. The van der Waals surface area contributed by atoms with E-state index < -0.39 is 0 Å². The van der Waals surface area contributed by atoms with Crippen LogP contribution in [0.1, 0.15) is 44.0 Å². The van der Waals surface area contributed by atoms with Crippen molar-refractivity contribution in [3.63, 3.8) is 0 Å². The van der Waals surface area contributed by atoms with E-state index in [0.717, 1.165) is 18.7 Å². The first kappa shape index (κ1) is 16.0. The van der Waals surface area contributed by atoms with Gasteiger partial charge in [-0.25, -0.2) is 4.79 Å². The molecule has 0 atom stereocenters. The second-order valence-corrected chi connectivity index (χ2v) is 5.47. The highest BCUT2D eigenvalue weighted by atomic mass is 16.5. The monoisotopic (exact) mass is 274 g/mol. The standard InChI is InChI=1S/C16H22N2O2/c1-4-20-15(19)13-6-8-14(9-7-13)18-12-16(2,3)10-5-11-17/h6-9,18H,4-5,10,12H2,1-3H3. The lowest BCUT2D eigenvalue weighted by Crippen LogP contribution is -2.22. The van der Waals surface area contributed by atoms with E-state index in [1.165, 1.54) is 0 Å². The van der Waals surface area contributed by atoms with Crippen molar-refractivity contribution in [3.05, 3.63) is 29.8 Å². The smallest absolute Gasteiger partial charge is 0.338 e. The van der Waals surface area contributed by atoms with Crippen LogP contribution in [-0.4, -0.2) is 19.1 Å². The first-order valence-electron chi connectivity index (χ1n) is 6.86. The normalized spacial score (nSPS) is 10.7. The maximum absolute atomic E-state index is 11.5. The maximum atomic E-state index is 11.5. The van der Waals surface area contributed by atoms with Crippen LogP contribution in [0.25, 0.3) is 0 Å². The average molecular weight is 274 g/mol. The molecular formula is C16H22N2O2. The Kier molecular flexibility index (Phi) is 6.05. The number of hydrogen-bond donors (Lipinski definition) is 1. The first-order chi connectivity index (χ1) is 9.48. The van der Waals surface area contributed by atoms with E-state index in [2.05, 4.69) is 25.2 Å². The van der Waals surface area contributed by atoms with E-state index in [0.29, 0.717) is 18.6 Å². The third kappa shape index (κ3) is 5.31. The fourth-order valence-corrected chi connectivity index (χ4v) is 1.76. The fraction of sp³-hybridized carbons (Fsp3) is 0.500. The molecule has 0 aliphatic rings. The summed E-state index contributed by atoms with van der Waals surface area (Å²) in [7, 11) is 0. The zero-order valence-corrected chi connectivity index (χ0v) is 12.4. The minimum atomic E-state index is -0.298. The van der Waals surface area contributed by atoms with Crippen LogP contribution < -0.4 is 5.32 Å². The van der Waals surface area contributed by atoms with Crippen LogP contribution >= 0.6 is 0 Å². The highest BCUT2D eigenvalue weighted by Gasteiger charge is 2.17. The lowest BCUT2D eigenvalue weighted by Gasteiger charge is -2.24. The van der Waals surface area contributed by atoms with Gasteiger partial charge in [0.15, 0.2) is 0 Å². The van der Waals surface area contributed by atoms with E-state index >= 15 is 0 Å². The molecule has 4 nitrogen and oxygen atoms in total. The number of rotatable bonds is 7. The Morgan fingerprint density at radius 2 is 2.00 bits per heavy atom. The van der Waals surface area contributed by atoms with Gasteiger partial charge in [0, 0.05) is 18.7 Å². The minimum Gasteiger partial charge on any atom is -0.462 e. The summed E-state index contributed by atoms with van der Waals surface area (Å²) in [5.74, 6) is -0.298. The molecule has 0 saturated heterocycles. The molecule has 0 unspecified atom stereocenters. The van der Waals surface area contributed by atoms with E-state index in [9.17, 15) is 4.79 Å². The Bertz CT molecular complexity index is 472. The van der Waals surface area contributed by atoms with Crippen LogP contribution in [0.4, 0.5) is 5.69 Å². The largest absolute Gasteiger partial charge is 0.462 e.